The number of carbonyl (C=O) groups excluding carboxylic acids is 4. The fraction of sp³-hybridized carbons (Fsp3) is 0.480. The summed E-state index contributed by atoms with van der Waals surface area (Å²) in [7, 11) is 0. The number of aliphatic hydroxyl groups excluding tert-OH is 1. The number of aliphatic hydroxyl groups is 1. The Morgan fingerprint density at radius 3 is 2.27 bits per heavy atom. The SMILES string of the molecule is CC(C)(C)[C@H](NC(=O)COCCCCCOc1ccc(C(=O)N[C@H]2C(C)(C)[C@H](Oc3ccc(C#N)c(Cl)c3)C2(C)C)cc1)C(=O)N(Cc1ccc(-c2cncs2)cc1)C(=O)[C@@H]1C[C@@H](O)CN1. The van der Waals surface area contributed by atoms with Crippen LogP contribution in [0.4, 0.5) is 0 Å². The minimum absolute atomic E-state index is 0.00399. The van der Waals surface area contributed by atoms with Crippen LogP contribution in [0.2, 0.25) is 5.02 Å². The van der Waals surface area contributed by atoms with Crippen molar-refractivity contribution in [1.82, 2.24) is 25.8 Å². The Balaban J connectivity index is 0.916. The molecule has 0 bridgehead atoms. The number of imide groups is 1. The Hall–Kier alpha value is -5.37. The summed E-state index contributed by atoms with van der Waals surface area (Å²) in [6.07, 6.45) is 3.27. The molecule has 0 spiro atoms. The van der Waals surface area contributed by atoms with Crippen LogP contribution in [0.15, 0.2) is 78.4 Å². The van der Waals surface area contributed by atoms with Crippen LogP contribution in [0.3, 0.4) is 0 Å². The highest BCUT2D eigenvalue weighted by atomic mass is 35.5. The predicted octanol–water partition coefficient (Wildman–Crippen LogP) is 7.32. The average Bonchev–Trinajstić information content (AvgIpc) is 3.99. The molecule has 0 unspecified atom stereocenters. The fourth-order valence-corrected chi connectivity index (χ4v) is 9.87. The van der Waals surface area contributed by atoms with Crippen molar-refractivity contribution in [2.45, 2.75) is 111 Å². The molecule has 0 radical (unpaired) electrons. The fourth-order valence-electron chi connectivity index (χ4n) is 9.03. The number of aromatic nitrogens is 1. The van der Waals surface area contributed by atoms with Crippen LogP contribution in [0, 0.1) is 27.6 Å². The molecule has 3 aromatic carbocycles. The number of ether oxygens (including phenoxy) is 3. The third-order valence-electron chi connectivity index (χ3n) is 12.3. The number of carbonyl (C=O) groups is 4. The van der Waals surface area contributed by atoms with Crippen molar-refractivity contribution < 1.29 is 38.5 Å². The van der Waals surface area contributed by atoms with Crippen LogP contribution >= 0.6 is 22.9 Å². The van der Waals surface area contributed by atoms with Crippen molar-refractivity contribution in [3.63, 3.8) is 0 Å². The number of benzene rings is 3. The Labute approximate surface area is 396 Å². The van der Waals surface area contributed by atoms with Crippen molar-refractivity contribution >= 4 is 46.6 Å². The number of amides is 4. The molecule has 4 amide bonds. The zero-order valence-corrected chi connectivity index (χ0v) is 40.3. The van der Waals surface area contributed by atoms with E-state index in [1.807, 2.05) is 45.0 Å². The van der Waals surface area contributed by atoms with Gasteiger partial charge in [0.15, 0.2) is 0 Å². The van der Waals surface area contributed by atoms with Gasteiger partial charge in [-0.15, -0.1) is 11.3 Å². The summed E-state index contributed by atoms with van der Waals surface area (Å²) < 4.78 is 18.0. The van der Waals surface area contributed by atoms with Crippen molar-refractivity contribution in [3.05, 3.63) is 100 Å². The van der Waals surface area contributed by atoms with Gasteiger partial charge in [-0.05, 0) is 78.6 Å². The standard InChI is InChI=1S/C50H61ClN6O8S/c1-48(2,3)42(45(62)57(44(61)39-23-35(58)26-54-39)28-31-11-13-32(14-12-31)40-27-53-30-66-40)55-41(59)29-63-21-9-8-10-22-64-36-18-15-33(16-19-36)43(60)56-46-49(4,5)47(50(46,6)7)65-37-20-17-34(25-52)38(51)24-37/h11-20,24,27,30,35,39,42,46-47,54,58H,8-10,21-23,26,28-29H2,1-7H3,(H,55,59)(H,56,60)/t35-,39+,42-,46-,47-/m1/s1. The maximum atomic E-state index is 14.3. The van der Waals surface area contributed by atoms with Gasteiger partial charge < -0.3 is 35.3 Å². The Kier molecular flexibility index (Phi) is 16.3. The van der Waals surface area contributed by atoms with E-state index in [0.717, 1.165) is 28.8 Å². The molecule has 1 aromatic heterocycles. The van der Waals surface area contributed by atoms with Crippen molar-refractivity contribution in [2.24, 2.45) is 16.2 Å². The first kappa shape index (κ1) is 50.1. The molecule has 2 heterocycles. The lowest BCUT2D eigenvalue weighted by molar-refractivity contribution is -0.164. The molecule has 1 saturated carbocycles. The van der Waals surface area contributed by atoms with E-state index in [9.17, 15) is 29.5 Å². The molecule has 1 saturated heterocycles. The minimum Gasteiger partial charge on any atom is -0.494 e. The van der Waals surface area contributed by atoms with Crippen molar-refractivity contribution in [2.75, 3.05) is 26.4 Å². The number of hydrogen-bond acceptors (Lipinski definition) is 12. The van der Waals surface area contributed by atoms with Gasteiger partial charge in [0.05, 0.1) is 46.3 Å². The van der Waals surface area contributed by atoms with Crippen LogP contribution < -0.4 is 25.4 Å². The summed E-state index contributed by atoms with van der Waals surface area (Å²) in [5, 5.41) is 28.8. The summed E-state index contributed by atoms with van der Waals surface area (Å²) in [5.41, 5.74) is 2.84. The van der Waals surface area contributed by atoms with Crippen molar-refractivity contribution in [1.29, 1.82) is 5.26 Å². The van der Waals surface area contributed by atoms with E-state index in [4.69, 9.17) is 25.8 Å². The second-order valence-corrected chi connectivity index (χ2v) is 20.6. The highest BCUT2D eigenvalue weighted by molar-refractivity contribution is 7.13. The van der Waals surface area contributed by atoms with Crippen molar-refractivity contribution in [3.8, 4) is 28.0 Å². The summed E-state index contributed by atoms with van der Waals surface area (Å²) in [6.45, 7) is 14.5. The third kappa shape index (κ3) is 12.1. The van der Waals surface area contributed by atoms with E-state index < -0.39 is 52.2 Å². The maximum Gasteiger partial charge on any atom is 0.252 e. The first-order valence-electron chi connectivity index (χ1n) is 22.3. The number of nitriles is 1. The lowest BCUT2D eigenvalue weighted by atomic mass is 9.49. The Bertz CT molecular complexity index is 2350. The molecule has 2 aliphatic rings. The largest absolute Gasteiger partial charge is 0.494 e. The number of hydrogen-bond donors (Lipinski definition) is 4. The number of nitrogens with one attached hydrogen (secondary N) is 3. The number of halogens is 1. The van der Waals surface area contributed by atoms with Gasteiger partial charge in [-0.1, -0.05) is 84.3 Å². The number of thiazole rings is 1. The molecule has 352 valence electrons. The van der Waals surface area contributed by atoms with Crippen LogP contribution in [0.25, 0.3) is 10.4 Å². The smallest absolute Gasteiger partial charge is 0.252 e. The van der Waals surface area contributed by atoms with E-state index in [2.05, 4.69) is 54.7 Å². The van der Waals surface area contributed by atoms with Gasteiger partial charge in [0.1, 0.15) is 36.3 Å². The maximum absolute atomic E-state index is 14.3. The Morgan fingerprint density at radius 2 is 1.67 bits per heavy atom. The topological polar surface area (TPSA) is 192 Å². The van der Waals surface area contributed by atoms with Gasteiger partial charge >= 0.3 is 0 Å². The molecule has 4 aromatic rings. The highest BCUT2D eigenvalue weighted by Crippen LogP contribution is 2.55. The molecule has 16 heteroatoms. The van der Waals surface area contributed by atoms with E-state index in [1.165, 1.54) is 16.2 Å². The molecule has 66 heavy (non-hydrogen) atoms. The third-order valence-corrected chi connectivity index (χ3v) is 13.5. The molecule has 2 fully saturated rings. The first-order valence-corrected chi connectivity index (χ1v) is 23.6. The zero-order valence-electron chi connectivity index (χ0n) is 38.7. The van der Waals surface area contributed by atoms with Crippen LogP contribution in [-0.2, 0) is 25.7 Å². The van der Waals surface area contributed by atoms with Crippen LogP contribution in [0.5, 0.6) is 11.5 Å². The molecule has 14 nitrogen and oxygen atoms in total. The first-order chi connectivity index (χ1) is 31.3. The van der Waals surface area contributed by atoms with Gasteiger partial charge in [0, 0.05) is 47.9 Å². The molecule has 1 aliphatic carbocycles. The number of nitrogens with zero attached hydrogens (tertiary/aromatic N) is 3. The molecular weight excluding hydrogens is 880 g/mol. The van der Waals surface area contributed by atoms with Gasteiger partial charge in [0.2, 0.25) is 11.8 Å². The van der Waals surface area contributed by atoms with Gasteiger partial charge in [-0.2, -0.15) is 5.26 Å². The lowest BCUT2D eigenvalue weighted by Gasteiger charge is -2.63. The van der Waals surface area contributed by atoms with E-state index in [-0.39, 0.29) is 44.2 Å². The number of rotatable bonds is 19. The van der Waals surface area contributed by atoms with Gasteiger partial charge in [-0.25, -0.2) is 0 Å². The second-order valence-electron chi connectivity index (χ2n) is 19.3. The highest BCUT2D eigenvalue weighted by Gasteiger charge is 2.64. The number of β-amino-alcohol motifs (C(OH)–C–C–N with tert-alkyl or cyclic N) is 1. The normalized spacial score (nSPS) is 20.0. The molecule has 6 rings (SSSR count). The summed E-state index contributed by atoms with van der Waals surface area (Å²) in [6, 6.07) is 19.8. The average molecular weight is 942 g/mol. The monoisotopic (exact) mass is 940 g/mol. The van der Waals surface area contributed by atoms with E-state index in [0.29, 0.717) is 47.3 Å². The van der Waals surface area contributed by atoms with Gasteiger partial charge in [-0.3, -0.25) is 29.1 Å². The quantitative estimate of drug-likeness (QED) is 0.0689. The predicted molar refractivity (Wildman–Crippen MR) is 253 cm³/mol. The van der Waals surface area contributed by atoms with Crippen LogP contribution in [0.1, 0.15) is 95.6 Å². The van der Waals surface area contributed by atoms with E-state index >= 15 is 0 Å². The molecular formula is C50H61ClN6O8S. The number of unbranched alkanes of at least 4 members (excludes halogenated alkanes) is 2. The van der Waals surface area contributed by atoms with E-state index in [1.54, 1.807) is 54.2 Å². The minimum atomic E-state index is -1.03. The van der Waals surface area contributed by atoms with Crippen LogP contribution in [-0.4, -0.2) is 95.3 Å². The summed E-state index contributed by atoms with van der Waals surface area (Å²) >= 11 is 7.75. The van der Waals surface area contributed by atoms with Gasteiger partial charge in [0.25, 0.3) is 11.8 Å². The molecule has 1 aliphatic heterocycles. The zero-order chi connectivity index (χ0) is 47.8. The molecule has 4 N–H and O–H groups in total. The Morgan fingerprint density at radius 1 is 0.985 bits per heavy atom. The summed E-state index contributed by atoms with van der Waals surface area (Å²) in [5.74, 6) is -0.445. The summed E-state index contributed by atoms with van der Waals surface area (Å²) in [4.78, 5) is 61.0. The second kappa shape index (κ2) is 21.5. The molecule has 3 atom stereocenters. The lowest BCUT2D eigenvalue weighted by Crippen LogP contribution is -2.74.